The maximum atomic E-state index is 13.6. The molecule has 0 aliphatic heterocycles. The lowest BCUT2D eigenvalue weighted by Crippen LogP contribution is -2.28. The predicted octanol–water partition coefficient (Wildman–Crippen LogP) is 8.38. The van der Waals surface area contributed by atoms with E-state index in [1.54, 1.807) is 0 Å². The zero-order chi connectivity index (χ0) is 29.8. The van der Waals surface area contributed by atoms with Crippen molar-refractivity contribution in [3.8, 4) is 11.4 Å². The molecule has 0 aliphatic rings. The van der Waals surface area contributed by atoms with Crippen molar-refractivity contribution in [2.24, 2.45) is 0 Å². The van der Waals surface area contributed by atoms with Crippen molar-refractivity contribution in [2.75, 3.05) is 0 Å². The van der Waals surface area contributed by atoms with Gasteiger partial charge in [0.25, 0.3) is 0 Å². The summed E-state index contributed by atoms with van der Waals surface area (Å²) in [7, 11) is 0.319. The highest BCUT2D eigenvalue weighted by Gasteiger charge is 2.30. The summed E-state index contributed by atoms with van der Waals surface area (Å²) in [6, 6.07) is 9.70. The Hall–Kier alpha value is -2.95. The van der Waals surface area contributed by atoms with E-state index in [0.29, 0.717) is 32.2 Å². The molecule has 4 rings (SSSR count). The third-order valence-corrected chi connectivity index (χ3v) is 7.92. The number of rotatable bonds is 4. The smallest absolute Gasteiger partial charge is 0.435 e. The molecule has 3 heterocycles. The van der Waals surface area contributed by atoms with Crippen molar-refractivity contribution < 1.29 is 23.5 Å². The topological polar surface area (TPSA) is 84.6 Å². The second-order valence-corrected chi connectivity index (χ2v) is 16.3. The van der Waals surface area contributed by atoms with Crippen LogP contribution in [0.2, 0.25) is 5.04 Å². The van der Waals surface area contributed by atoms with E-state index >= 15 is 0 Å². The SMILES string of the molecule is CC(C)(C)OC(=O)n1nc(-c2cc3cc(C(C)(C)O[Si]C(C)(C)C)ccc3n2C(=O)OC(C)(C)C)c2sccc21. The van der Waals surface area contributed by atoms with E-state index in [9.17, 15) is 9.59 Å². The quantitative estimate of drug-likeness (QED) is 0.225. The maximum absolute atomic E-state index is 13.6. The number of carbonyl (C=O) groups excluding carboxylic acids is 2. The molecule has 3 aromatic heterocycles. The van der Waals surface area contributed by atoms with Crippen molar-refractivity contribution in [2.45, 2.75) is 98.0 Å². The largest absolute Gasteiger partial charge is 0.443 e. The fourth-order valence-electron chi connectivity index (χ4n) is 4.07. The molecule has 0 fully saturated rings. The van der Waals surface area contributed by atoms with Crippen LogP contribution in [0.25, 0.3) is 32.5 Å². The van der Waals surface area contributed by atoms with Crippen LogP contribution in [0.5, 0.6) is 0 Å². The summed E-state index contributed by atoms with van der Waals surface area (Å²) in [4.78, 5) is 26.7. The number of carbonyl (C=O) groups is 2. The van der Waals surface area contributed by atoms with Gasteiger partial charge in [0.1, 0.15) is 16.9 Å². The number of hydrogen-bond donors (Lipinski definition) is 0. The van der Waals surface area contributed by atoms with E-state index in [0.717, 1.165) is 15.6 Å². The molecule has 214 valence electrons. The highest BCUT2D eigenvalue weighted by Crippen LogP contribution is 2.38. The first-order chi connectivity index (χ1) is 18.3. The first kappa shape index (κ1) is 30.0. The standard InChI is InChI=1S/C30H39N3O5SSi/c1-27(2,3)36-25(34)32-20-13-12-19(30(10,11)38-40-29(7,8)9)16-18(20)17-22(32)23-24-21(14-15-39-24)33(31-23)26(35)37-28(4,5)6/h12-17H,1-11H3. The zero-order valence-corrected chi connectivity index (χ0v) is 27.1. The molecule has 8 nitrogen and oxygen atoms in total. The van der Waals surface area contributed by atoms with E-state index in [1.807, 2.05) is 77.3 Å². The molecule has 0 atom stereocenters. The lowest BCUT2D eigenvalue weighted by molar-refractivity contribution is 0.0520. The predicted molar refractivity (Wildman–Crippen MR) is 161 cm³/mol. The Morgan fingerprint density at radius 1 is 0.825 bits per heavy atom. The van der Waals surface area contributed by atoms with E-state index in [4.69, 9.17) is 13.9 Å². The Kier molecular flexibility index (Phi) is 7.62. The summed E-state index contributed by atoms with van der Waals surface area (Å²) in [6.07, 6.45) is -1.10. The summed E-state index contributed by atoms with van der Waals surface area (Å²) in [5.41, 5.74) is 1.40. The average Bonchev–Trinajstić information content (AvgIpc) is 3.47. The van der Waals surface area contributed by atoms with Gasteiger partial charge in [-0.25, -0.2) is 14.2 Å². The normalized spacial score (nSPS) is 13.3. The first-order valence-electron chi connectivity index (χ1n) is 13.3. The van der Waals surface area contributed by atoms with Gasteiger partial charge in [0, 0.05) is 5.39 Å². The van der Waals surface area contributed by atoms with Crippen molar-refractivity contribution in [1.29, 1.82) is 0 Å². The number of nitrogens with zero attached hydrogens (tertiary/aromatic N) is 3. The van der Waals surface area contributed by atoms with Crippen LogP contribution in [0.3, 0.4) is 0 Å². The van der Waals surface area contributed by atoms with Crippen LogP contribution in [-0.4, -0.2) is 47.5 Å². The highest BCUT2D eigenvalue weighted by atomic mass is 32.1. The van der Waals surface area contributed by atoms with Gasteiger partial charge < -0.3 is 13.9 Å². The van der Waals surface area contributed by atoms with Gasteiger partial charge in [0.15, 0.2) is 0 Å². The summed E-state index contributed by atoms with van der Waals surface area (Å²) >= 11 is 1.45. The van der Waals surface area contributed by atoms with Crippen LogP contribution in [0.4, 0.5) is 9.59 Å². The second-order valence-electron chi connectivity index (χ2n) is 13.5. The van der Waals surface area contributed by atoms with Gasteiger partial charge in [0.2, 0.25) is 9.76 Å². The Morgan fingerprint density at radius 2 is 1.45 bits per heavy atom. The molecule has 0 spiro atoms. The second kappa shape index (κ2) is 10.1. The molecule has 0 saturated carbocycles. The fourth-order valence-corrected chi connectivity index (χ4v) is 5.61. The molecule has 0 amide bonds. The number of thiophene rings is 1. The lowest BCUT2D eigenvalue weighted by Gasteiger charge is -2.29. The van der Waals surface area contributed by atoms with Crippen LogP contribution in [0.1, 0.15) is 81.7 Å². The number of benzene rings is 1. The summed E-state index contributed by atoms with van der Waals surface area (Å²) in [6.45, 7) is 21.5. The van der Waals surface area contributed by atoms with Crippen LogP contribution < -0.4 is 0 Å². The van der Waals surface area contributed by atoms with Crippen LogP contribution >= 0.6 is 11.3 Å². The Balaban J connectivity index is 1.90. The van der Waals surface area contributed by atoms with Gasteiger partial charge in [-0.3, -0.25) is 0 Å². The molecule has 4 aromatic rings. The molecule has 0 bridgehead atoms. The number of hydrogen-bond acceptors (Lipinski definition) is 7. The van der Waals surface area contributed by atoms with Crippen LogP contribution in [0.15, 0.2) is 35.7 Å². The summed E-state index contributed by atoms with van der Waals surface area (Å²) in [5.74, 6) is 0. The van der Waals surface area contributed by atoms with Crippen molar-refractivity contribution in [3.05, 3.63) is 41.3 Å². The van der Waals surface area contributed by atoms with E-state index < -0.39 is 29.0 Å². The third-order valence-electron chi connectivity index (χ3n) is 5.78. The summed E-state index contributed by atoms with van der Waals surface area (Å²) < 4.78 is 21.3. The molecule has 1 aromatic carbocycles. The molecule has 10 heteroatoms. The van der Waals surface area contributed by atoms with Gasteiger partial charge in [-0.15, -0.1) is 11.3 Å². The van der Waals surface area contributed by atoms with Crippen molar-refractivity contribution >= 4 is 54.4 Å². The molecule has 0 N–H and O–H groups in total. The van der Waals surface area contributed by atoms with Gasteiger partial charge in [-0.2, -0.15) is 9.78 Å². The minimum atomic E-state index is -0.706. The van der Waals surface area contributed by atoms with Gasteiger partial charge in [-0.1, -0.05) is 26.8 Å². The molecule has 40 heavy (non-hydrogen) atoms. The highest BCUT2D eigenvalue weighted by molar-refractivity contribution is 7.17. The maximum Gasteiger partial charge on any atom is 0.435 e. The number of aromatic nitrogens is 3. The van der Waals surface area contributed by atoms with Crippen molar-refractivity contribution in [3.63, 3.8) is 0 Å². The van der Waals surface area contributed by atoms with Gasteiger partial charge in [-0.05, 0) is 95.6 Å². The summed E-state index contributed by atoms with van der Waals surface area (Å²) in [5, 5.41) is 7.45. The number of fused-ring (bicyclic) bond motifs is 2. The molecular weight excluding hydrogens is 542 g/mol. The van der Waals surface area contributed by atoms with Gasteiger partial charge in [0.05, 0.1) is 27.0 Å². The number of ether oxygens (including phenoxy) is 2. The van der Waals surface area contributed by atoms with E-state index in [2.05, 4.69) is 39.7 Å². The van der Waals surface area contributed by atoms with E-state index in [1.165, 1.54) is 20.6 Å². The first-order valence-corrected chi connectivity index (χ1v) is 15.1. The minimum absolute atomic E-state index is 0.0492. The van der Waals surface area contributed by atoms with Crippen LogP contribution in [-0.2, 0) is 19.5 Å². The van der Waals surface area contributed by atoms with E-state index in [-0.39, 0.29) is 5.04 Å². The molecule has 2 radical (unpaired) electrons. The molecule has 0 unspecified atom stereocenters. The van der Waals surface area contributed by atoms with Gasteiger partial charge >= 0.3 is 12.2 Å². The zero-order valence-electron chi connectivity index (χ0n) is 25.3. The fraction of sp³-hybridized carbons (Fsp3) is 0.500. The minimum Gasteiger partial charge on any atom is -0.443 e. The lowest BCUT2D eigenvalue weighted by atomic mass is 9.97. The Bertz CT molecular complexity index is 1570. The Morgan fingerprint density at radius 3 is 2.05 bits per heavy atom. The van der Waals surface area contributed by atoms with Crippen LogP contribution in [0, 0.1) is 0 Å². The Labute approximate surface area is 242 Å². The monoisotopic (exact) mass is 581 g/mol. The molecular formula is C30H39N3O5SSi. The van der Waals surface area contributed by atoms with Crippen molar-refractivity contribution in [1.82, 2.24) is 14.3 Å². The molecule has 0 aliphatic carbocycles. The molecule has 0 saturated heterocycles. The average molecular weight is 582 g/mol. The third kappa shape index (κ3) is 6.50.